The van der Waals surface area contributed by atoms with Gasteiger partial charge < -0.3 is 15.5 Å². The van der Waals surface area contributed by atoms with Gasteiger partial charge in [-0.3, -0.25) is 4.79 Å². The number of carbonyl (C=O) groups is 1. The van der Waals surface area contributed by atoms with E-state index in [1.165, 1.54) is 7.05 Å². The van der Waals surface area contributed by atoms with E-state index in [1.807, 2.05) is 0 Å². The molecule has 1 aromatic heterocycles. The molecule has 1 aromatic rings. The van der Waals surface area contributed by atoms with Crippen molar-refractivity contribution in [3.63, 3.8) is 0 Å². The van der Waals surface area contributed by atoms with Crippen molar-refractivity contribution in [1.82, 2.24) is 15.3 Å². The maximum Gasteiger partial charge on any atom is 0.317 e. The van der Waals surface area contributed by atoms with Crippen LogP contribution in [0.2, 0.25) is 0 Å². The number of nitrogens with one attached hydrogen (secondary N) is 1. The van der Waals surface area contributed by atoms with Gasteiger partial charge in [0.25, 0.3) is 5.91 Å². The van der Waals surface area contributed by atoms with E-state index < -0.39 is 17.8 Å². The van der Waals surface area contributed by atoms with Gasteiger partial charge in [0.05, 0.1) is 6.20 Å². The molecule has 0 aliphatic heterocycles. The molecule has 1 amide bonds. The first-order valence-electron chi connectivity index (χ1n) is 3.12. The number of aromatic nitrogens is 2. The fraction of sp³-hybridized carbons (Fsp3) is 0.167. The van der Waals surface area contributed by atoms with E-state index in [2.05, 4.69) is 15.3 Å². The van der Waals surface area contributed by atoms with Crippen LogP contribution in [0.3, 0.4) is 0 Å². The summed E-state index contributed by atoms with van der Waals surface area (Å²) in [5.41, 5.74) is -0.0738. The van der Waals surface area contributed by atoms with Crippen LogP contribution in [0.1, 0.15) is 10.4 Å². The van der Waals surface area contributed by atoms with Gasteiger partial charge in [0, 0.05) is 7.05 Å². The number of hydrogen-bond acceptors (Lipinski definition) is 5. The van der Waals surface area contributed by atoms with Gasteiger partial charge in [-0.25, -0.2) is 4.98 Å². The average Bonchev–Trinajstić information content (AvgIpc) is 2.03. The summed E-state index contributed by atoms with van der Waals surface area (Å²) in [4.78, 5) is 17.4. The maximum absolute atomic E-state index is 10.9. The Morgan fingerprint density at radius 1 is 1.58 bits per heavy atom. The Kier molecular flexibility index (Phi) is 2.09. The molecule has 0 fully saturated rings. The normalized spacial score (nSPS) is 9.42. The highest BCUT2D eigenvalue weighted by Crippen LogP contribution is 2.13. The molecule has 6 heteroatoms. The predicted octanol–water partition coefficient (Wildman–Crippen LogP) is -0.753. The summed E-state index contributed by atoms with van der Waals surface area (Å²) >= 11 is 0. The van der Waals surface area contributed by atoms with Crippen LogP contribution < -0.4 is 5.32 Å². The smallest absolute Gasteiger partial charge is 0.317 e. The third kappa shape index (κ3) is 1.42. The van der Waals surface area contributed by atoms with Crippen molar-refractivity contribution in [3.8, 4) is 11.9 Å². The molecular weight excluding hydrogens is 162 g/mol. The summed E-state index contributed by atoms with van der Waals surface area (Å²) in [6, 6.07) is -0.569. The molecule has 0 bridgehead atoms. The Hall–Kier alpha value is -1.85. The average molecular weight is 169 g/mol. The maximum atomic E-state index is 10.9. The van der Waals surface area contributed by atoms with Crippen molar-refractivity contribution in [2.24, 2.45) is 0 Å². The molecule has 64 valence electrons. The van der Waals surface area contributed by atoms with E-state index in [9.17, 15) is 4.79 Å². The Morgan fingerprint density at radius 2 is 2.25 bits per heavy atom. The first-order chi connectivity index (χ1) is 5.65. The third-order valence-electron chi connectivity index (χ3n) is 1.23. The van der Waals surface area contributed by atoms with Crippen molar-refractivity contribution in [1.29, 1.82) is 0 Å². The molecule has 0 unspecified atom stereocenters. The molecule has 3 N–H and O–H groups in total. The van der Waals surface area contributed by atoms with Gasteiger partial charge in [0.15, 0.2) is 0 Å². The lowest BCUT2D eigenvalue weighted by molar-refractivity contribution is 0.0959. The molecule has 0 radical (unpaired) electrons. The first-order valence-corrected chi connectivity index (χ1v) is 3.12. The van der Waals surface area contributed by atoms with E-state index >= 15 is 0 Å². The lowest BCUT2D eigenvalue weighted by Crippen LogP contribution is -2.18. The molecule has 0 saturated heterocycles. The molecule has 0 aliphatic carbocycles. The molecule has 0 saturated carbocycles. The van der Waals surface area contributed by atoms with Crippen molar-refractivity contribution in [2.75, 3.05) is 7.05 Å². The molecule has 12 heavy (non-hydrogen) atoms. The molecule has 6 nitrogen and oxygen atoms in total. The van der Waals surface area contributed by atoms with Crippen LogP contribution in [0, 0.1) is 0 Å². The SMILES string of the molecule is CNC(=O)c1cnc(O)nc1O. The number of carbonyl (C=O) groups excluding carboxylic acids is 1. The van der Waals surface area contributed by atoms with E-state index in [4.69, 9.17) is 10.2 Å². The van der Waals surface area contributed by atoms with E-state index in [0.717, 1.165) is 6.20 Å². The van der Waals surface area contributed by atoms with Crippen molar-refractivity contribution >= 4 is 5.91 Å². The van der Waals surface area contributed by atoms with Crippen LogP contribution in [0.25, 0.3) is 0 Å². The van der Waals surface area contributed by atoms with Gasteiger partial charge in [0.1, 0.15) is 5.56 Å². The number of rotatable bonds is 1. The number of nitrogens with zero attached hydrogens (tertiary/aromatic N) is 2. The molecule has 0 spiro atoms. The Morgan fingerprint density at radius 3 is 2.75 bits per heavy atom. The lowest BCUT2D eigenvalue weighted by atomic mass is 10.3. The summed E-state index contributed by atoms with van der Waals surface area (Å²) in [6.45, 7) is 0. The number of aromatic hydroxyl groups is 2. The van der Waals surface area contributed by atoms with E-state index in [1.54, 1.807) is 0 Å². The summed E-state index contributed by atoms with van der Waals surface area (Å²) in [5.74, 6) is -1.05. The fourth-order valence-electron chi connectivity index (χ4n) is 0.659. The van der Waals surface area contributed by atoms with E-state index in [0.29, 0.717) is 0 Å². The zero-order valence-corrected chi connectivity index (χ0v) is 6.27. The van der Waals surface area contributed by atoms with Crippen molar-refractivity contribution in [2.45, 2.75) is 0 Å². The number of hydrogen-bond donors (Lipinski definition) is 3. The topological polar surface area (TPSA) is 95.3 Å². The third-order valence-corrected chi connectivity index (χ3v) is 1.23. The van der Waals surface area contributed by atoms with Crippen LogP contribution in [0.15, 0.2) is 6.20 Å². The first kappa shape index (κ1) is 8.25. The van der Waals surface area contributed by atoms with Gasteiger partial charge in [0.2, 0.25) is 5.88 Å². The van der Waals surface area contributed by atoms with Gasteiger partial charge in [-0.05, 0) is 0 Å². The predicted molar refractivity (Wildman–Crippen MR) is 38.8 cm³/mol. The minimum Gasteiger partial charge on any atom is -0.493 e. The van der Waals surface area contributed by atoms with Gasteiger partial charge in [-0.2, -0.15) is 4.98 Å². The second-order valence-electron chi connectivity index (χ2n) is 1.99. The minimum atomic E-state index is -0.569. The van der Waals surface area contributed by atoms with Crippen molar-refractivity contribution in [3.05, 3.63) is 11.8 Å². The summed E-state index contributed by atoms with van der Waals surface area (Å²) in [7, 11) is 1.41. The minimum absolute atomic E-state index is 0.0738. The number of amides is 1. The molecule has 1 rings (SSSR count). The second-order valence-corrected chi connectivity index (χ2v) is 1.99. The van der Waals surface area contributed by atoms with Crippen molar-refractivity contribution < 1.29 is 15.0 Å². The van der Waals surface area contributed by atoms with Gasteiger partial charge >= 0.3 is 6.01 Å². The standard InChI is InChI=1S/C6H7N3O3/c1-7-4(10)3-2-8-6(12)9-5(3)11/h2H,1H3,(H,7,10)(H2,8,9,11,12). The summed E-state index contributed by atoms with van der Waals surface area (Å²) in [5, 5.41) is 20.0. The molecule has 1 heterocycles. The Balaban J connectivity index is 3.09. The van der Waals surface area contributed by atoms with Crippen LogP contribution in [0.4, 0.5) is 0 Å². The fourth-order valence-corrected chi connectivity index (χ4v) is 0.659. The van der Waals surface area contributed by atoms with Gasteiger partial charge in [-0.1, -0.05) is 0 Å². The Bertz CT molecular complexity index is 313. The highest BCUT2D eigenvalue weighted by molar-refractivity contribution is 5.95. The second kappa shape index (κ2) is 3.04. The van der Waals surface area contributed by atoms with Crippen LogP contribution in [-0.2, 0) is 0 Å². The van der Waals surface area contributed by atoms with Gasteiger partial charge in [-0.15, -0.1) is 0 Å². The van der Waals surface area contributed by atoms with Crippen LogP contribution >= 0.6 is 0 Å². The molecule has 0 atom stereocenters. The quantitative estimate of drug-likeness (QED) is 0.514. The summed E-state index contributed by atoms with van der Waals surface area (Å²) < 4.78 is 0. The van der Waals surface area contributed by atoms with Crippen LogP contribution in [-0.4, -0.2) is 33.1 Å². The zero-order chi connectivity index (χ0) is 9.14. The Labute approximate surface area is 67.9 Å². The van der Waals surface area contributed by atoms with Crippen LogP contribution in [0.5, 0.6) is 11.9 Å². The highest BCUT2D eigenvalue weighted by Gasteiger charge is 2.11. The zero-order valence-electron chi connectivity index (χ0n) is 6.27. The summed E-state index contributed by atoms with van der Waals surface area (Å²) in [6.07, 6.45) is 1.04. The largest absolute Gasteiger partial charge is 0.493 e. The molecule has 0 aromatic carbocycles. The monoisotopic (exact) mass is 169 g/mol. The molecular formula is C6H7N3O3. The highest BCUT2D eigenvalue weighted by atomic mass is 16.3. The molecule has 0 aliphatic rings. The lowest BCUT2D eigenvalue weighted by Gasteiger charge is -2.00. The van der Waals surface area contributed by atoms with E-state index in [-0.39, 0.29) is 5.56 Å².